The average molecular weight is 320 g/mol. The lowest BCUT2D eigenvalue weighted by molar-refractivity contribution is -0.215. The number of rotatable bonds is 1. The van der Waals surface area contributed by atoms with Crippen LogP contribution in [0.1, 0.15) is 46.0 Å². The minimum Gasteiger partial charge on any atom is -0.371 e. The van der Waals surface area contributed by atoms with Crippen LogP contribution in [-0.4, -0.2) is 16.1 Å². The Kier molecular flexibility index (Phi) is 2.41. The first-order valence-corrected chi connectivity index (χ1v) is 7.85. The molecule has 1 saturated heterocycles. The van der Waals surface area contributed by atoms with Crippen molar-refractivity contribution in [3.05, 3.63) is 0 Å². The van der Waals surface area contributed by atoms with Crippen LogP contribution in [0.3, 0.4) is 0 Å². The van der Waals surface area contributed by atoms with Gasteiger partial charge < -0.3 is 4.74 Å². The third-order valence-corrected chi connectivity index (χ3v) is 6.47. The zero-order chi connectivity index (χ0) is 10.7. The zero-order valence-corrected chi connectivity index (χ0v) is 11.9. The molecule has 2 bridgehead atoms. The SMILES string of the molecule is CC1(C)C2CCC3(CCC(CI)O3)C1C2. The van der Waals surface area contributed by atoms with Gasteiger partial charge in [0.2, 0.25) is 0 Å². The van der Waals surface area contributed by atoms with Crippen molar-refractivity contribution in [1.82, 2.24) is 0 Å². The Morgan fingerprint density at radius 1 is 1.27 bits per heavy atom. The molecule has 0 aromatic heterocycles. The number of ether oxygens (including phenoxy) is 1. The molecule has 2 heteroatoms. The summed E-state index contributed by atoms with van der Waals surface area (Å²) in [7, 11) is 0. The van der Waals surface area contributed by atoms with Gasteiger partial charge in [-0.1, -0.05) is 36.4 Å². The summed E-state index contributed by atoms with van der Waals surface area (Å²) in [6.45, 7) is 4.93. The molecule has 0 radical (unpaired) electrons. The van der Waals surface area contributed by atoms with Crippen molar-refractivity contribution in [2.45, 2.75) is 57.7 Å². The molecule has 1 heterocycles. The molecule has 4 fully saturated rings. The van der Waals surface area contributed by atoms with Crippen LogP contribution in [0.2, 0.25) is 0 Å². The lowest BCUT2D eigenvalue weighted by Gasteiger charge is -2.64. The number of hydrogen-bond acceptors (Lipinski definition) is 1. The highest BCUT2D eigenvalue weighted by Crippen LogP contribution is 2.66. The molecule has 0 N–H and O–H groups in total. The van der Waals surface area contributed by atoms with Gasteiger partial charge >= 0.3 is 0 Å². The third-order valence-electron chi connectivity index (χ3n) is 5.48. The van der Waals surface area contributed by atoms with Gasteiger partial charge in [-0.05, 0) is 49.4 Å². The molecule has 15 heavy (non-hydrogen) atoms. The van der Waals surface area contributed by atoms with Gasteiger partial charge in [0.1, 0.15) is 0 Å². The second kappa shape index (κ2) is 3.34. The molecule has 0 aromatic carbocycles. The van der Waals surface area contributed by atoms with E-state index in [9.17, 15) is 0 Å². The van der Waals surface area contributed by atoms with Crippen LogP contribution in [0.4, 0.5) is 0 Å². The molecule has 0 aromatic rings. The lowest BCUT2D eigenvalue weighted by atomic mass is 9.44. The number of fused-ring (bicyclic) bond motifs is 1. The van der Waals surface area contributed by atoms with Crippen molar-refractivity contribution in [3.63, 3.8) is 0 Å². The van der Waals surface area contributed by atoms with Crippen molar-refractivity contribution < 1.29 is 4.74 Å². The van der Waals surface area contributed by atoms with E-state index >= 15 is 0 Å². The molecule has 0 amide bonds. The predicted octanol–water partition coefficient (Wildman–Crippen LogP) is 3.80. The Bertz CT molecular complexity index is 274. The second-order valence-electron chi connectivity index (χ2n) is 6.34. The maximum Gasteiger partial charge on any atom is 0.0721 e. The van der Waals surface area contributed by atoms with Gasteiger partial charge in [-0.2, -0.15) is 0 Å². The minimum absolute atomic E-state index is 0.300. The molecule has 3 saturated carbocycles. The summed E-state index contributed by atoms with van der Waals surface area (Å²) in [4.78, 5) is 0. The average Bonchev–Trinajstić information content (AvgIpc) is 2.61. The fourth-order valence-corrected chi connectivity index (χ4v) is 5.02. The smallest absolute Gasteiger partial charge is 0.0721 e. The standard InChI is InChI=1S/C13H21IO/c1-12(2)9-3-5-13(11(12)7-9)6-4-10(8-14)15-13/h9-11H,3-8H2,1-2H3. The van der Waals surface area contributed by atoms with Gasteiger partial charge in [0.05, 0.1) is 11.7 Å². The topological polar surface area (TPSA) is 9.23 Å². The molecule has 3 aliphatic carbocycles. The summed E-state index contributed by atoms with van der Waals surface area (Å²) in [5.41, 5.74) is 0.868. The van der Waals surface area contributed by atoms with E-state index in [1.165, 1.54) is 36.5 Å². The monoisotopic (exact) mass is 320 g/mol. The molecular formula is C13H21IO. The summed E-state index contributed by atoms with van der Waals surface area (Å²) in [5.74, 6) is 1.85. The van der Waals surface area contributed by atoms with E-state index in [0.717, 1.165) is 11.8 Å². The first-order valence-electron chi connectivity index (χ1n) is 6.32. The molecule has 4 aliphatic rings. The van der Waals surface area contributed by atoms with Crippen LogP contribution in [0, 0.1) is 17.3 Å². The van der Waals surface area contributed by atoms with Crippen LogP contribution in [0.15, 0.2) is 0 Å². The Morgan fingerprint density at radius 2 is 2.00 bits per heavy atom. The Hall–Kier alpha value is 0.690. The largest absolute Gasteiger partial charge is 0.371 e. The van der Waals surface area contributed by atoms with Crippen molar-refractivity contribution >= 4 is 22.6 Å². The van der Waals surface area contributed by atoms with Gasteiger partial charge in [0.25, 0.3) is 0 Å². The maximum absolute atomic E-state index is 6.42. The van der Waals surface area contributed by atoms with Crippen LogP contribution >= 0.6 is 22.6 Å². The fourth-order valence-electron chi connectivity index (χ4n) is 4.40. The Morgan fingerprint density at radius 3 is 2.53 bits per heavy atom. The number of hydrogen-bond donors (Lipinski definition) is 0. The van der Waals surface area contributed by atoms with Gasteiger partial charge in [-0.3, -0.25) is 0 Å². The third kappa shape index (κ3) is 1.36. The van der Waals surface area contributed by atoms with E-state index < -0.39 is 0 Å². The van der Waals surface area contributed by atoms with Gasteiger partial charge in [-0.25, -0.2) is 0 Å². The normalized spacial score (nSPS) is 51.8. The highest BCUT2D eigenvalue weighted by Gasteiger charge is 2.63. The van der Waals surface area contributed by atoms with Crippen LogP contribution in [-0.2, 0) is 4.74 Å². The minimum atomic E-state index is 0.300. The molecule has 1 aliphatic heterocycles. The summed E-state index contributed by atoms with van der Waals surface area (Å²) in [6, 6.07) is 0. The highest BCUT2D eigenvalue weighted by atomic mass is 127. The molecule has 4 unspecified atom stereocenters. The first-order chi connectivity index (χ1) is 7.08. The quantitative estimate of drug-likeness (QED) is 0.527. The van der Waals surface area contributed by atoms with E-state index in [4.69, 9.17) is 4.74 Å². The molecule has 1 nitrogen and oxygen atoms in total. The molecule has 4 atom stereocenters. The van der Waals surface area contributed by atoms with E-state index in [1.807, 2.05) is 0 Å². The van der Waals surface area contributed by atoms with E-state index in [-0.39, 0.29) is 0 Å². The molecule has 86 valence electrons. The number of alkyl halides is 1. The highest BCUT2D eigenvalue weighted by molar-refractivity contribution is 14.1. The molecule has 4 rings (SSSR count). The Labute approximate surface area is 106 Å². The van der Waals surface area contributed by atoms with Crippen LogP contribution in [0.25, 0.3) is 0 Å². The predicted molar refractivity (Wildman–Crippen MR) is 70.3 cm³/mol. The summed E-state index contributed by atoms with van der Waals surface area (Å²) < 4.78 is 7.59. The molecular weight excluding hydrogens is 299 g/mol. The van der Waals surface area contributed by atoms with Crippen molar-refractivity contribution in [3.8, 4) is 0 Å². The maximum atomic E-state index is 6.42. The van der Waals surface area contributed by atoms with Gasteiger partial charge in [0.15, 0.2) is 0 Å². The van der Waals surface area contributed by atoms with E-state index in [1.54, 1.807) is 0 Å². The molecule has 1 spiro atoms. The second-order valence-corrected chi connectivity index (χ2v) is 7.22. The fraction of sp³-hybridized carbons (Fsp3) is 1.00. The summed E-state index contributed by atoms with van der Waals surface area (Å²) in [6.07, 6.45) is 7.40. The first kappa shape index (κ1) is 10.8. The van der Waals surface area contributed by atoms with E-state index in [0.29, 0.717) is 17.1 Å². The van der Waals surface area contributed by atoms with Crippen molar-refractivity contribution in [2.24, 2.45) is 17.3 Å². The summed E-state index contributed by atoms with van der Waals surface area (Å²) >= 11 is 2.47. The Balaban J connectivity index is 1.82. The lowest BCUT2D eigenvalue weighted by Crippen LogP contribution is -2.61. The number of halogens is 1. The zero-order valence-electron chi connectivity index (χ0n) is 9.76. The van der Waals surface area contributed by atoms with Crippen molar-refractivity contribution in [2.75, 3.05) is 4.43 Å². The van der Waals surface area contributed by atoms with E-state index in [2.05, 4.69) is 36.4 Å². The van der Waals surface area contributed by atoms with Crippen LogP contribution in [0.5, 0.6) is 0 Å². The van der Waals surface area contributed by atoms with Crippen LogP contribution < -0.4 is 0 Å². The summed E-state index contributed by atoms with van der Waals surface area (Å²) in [5, 5.41) is 0. The van der Waals surface area contributed by atoms with Gasteiger partial charge in [0, 0.05) is 4.43 Å². The van der Waals surface area contributed by atoms with Gasteiger partial charge in [-0.15, -0.1) is 0 Å². The van der Waals surface area contributed by atoms with Crippen molar-refractivity contribution in [1.29, 1.82) is 0 Å².